The molecule has 0 saturated heterocycles. The van der Waals surface area contributed by atoms with Gasteiger partial charge < -0.3 is 5.11 Å². The normalized spacial score (nSPS) is 14.6. The fourth-order valence-electron chi connectivity index (χ4n) is 4.34. The summed E-state index contributed by atoms with van der Waals surface area (Å²) in [5, 5.41) is 20.7. The summed E-state index contributed by atoms with van der Waals surface area (Å²) in [6.07, 6.45) is 1.38. The molecule has 0 aliphatic heterocycles. The highest BCUT2D eigenvalue weighted by atomic mass is 32.1. The van der Waals surface area contributed by atoms with Gasteiger partial charge in [0.05, 0.1) is 36.2 Å². The lowest BCUT2D eigenvalue weighted by Gasteiger charge is -2.26. The number of nitriles is 1. The average Bonchev–Trinajstić information content (AvgIpc) is 3.62. The van der Waals surface area contributed by atoms with Crippen molar-refractivity contribution in [3.8, 4) is 17.2 Å². The van der Waals surface area contributed by atoms with E-state index in [-0.39, 0.29) is 12.1 Å². The van der Waals surface area contributed by atoms with Gasteiger partial charge in [-0.05, 0) is 53.0 Å². The van der Waals surface area contributed by atoms with Crippen molar-refractivity contribution in [1.29, 1.82) is 5.26 Å². The van der Waals surface area contributed by atoms with E-state index in [0.717, 1.165) is 34.4 Å². The standard InChI is InChI=1S/C29H29N3O3S/c1-29(2,3)25(33)17-31-26(34)23-14-24(20-12-13-20)36-27(23)32(28(31)35)16-18-8-10-19(11-9-18)22-7-5-4-6-21(22)15-30/h4-11,14,20,25,33H,12-13,16-17H2,1-3H3. The second-order valence-corrected chi connectivity index (χ2v) is 11.7. The predicted octanol–water partition coefficient (Wildman–Crippen LogP) is 5.10. The van der Waals surface area contributed by atoms with E-state index >= 15 is 0 Å². The van der Waals surface area contributed by atoms with Gasteiger partial charge in [-0.2, -0.15) is 5.26 Å². The Hall–Kier alpha value is -3.47. The Balaban J connectivity index is 1.57. The maximum absolute atomic E-state index is 13.6. The fraction of sp³-hybridized carbons (Fsp3) is 0.345. The minimum absolute atomic E-state index is 0.0460. The molecule has 0 radical (unpaired) electrons. The van der Waals surface area contributed by atoms with Crippen LogP contribution in [0.4, 0.5) is 0 Å². The van der Waals surface area contributed by atoms with E-state index in [4.69, 9.17) is 0 Å². The minimum Gasteiger partial charge on any atom is -0.391 e. The van der Waals surface area contributed by atoms with Crippen molar-refractivity contribution in [3.63, 3.8) is 0 Å². The van der Waals surface area contributed by atoms with Crippen molar-refractivity contribution in [2.75, 3.05) is 0 Å². The predicted molar refractivity (Wildman–Crippen MR) is 143 cm³/mol. The zero-order chi connectivity index (χ0) is 25.6. The second kappa shape index (κ2) is 9.20. The number of hydrogen-bond donors (Lipinski definition) is 1. The molecule has 0 amide bonds. The number of aromatic nitrogens is 2. The summed E-state index contributed by atoms with van der Waals surface area (Å²) in [6.45, 7) is 5.94. The first kappa shape index (κ1) is 24.2. The van der Waals surface area contributed by atoms with Gasteiger partial charge in [0.15, 0.2) is 0 Å². The van der Waals surface area contributed by atoms with Gasteiger partial charge in [-0.3, -0.25) is 13.9 Å². The maximum atomic E-state index is 13.6. The minimum atomic E-state index is -0.838. The molecular weight excluding hydrogens is 470 g/mol. The van der Waals surface area contributed by atoms with E-state index in [2.05, 4.69) is 6.07 Å². The topological polar surface area (TPSA) is 88.0 Å². The number of benzene rings is 2. The Kier molecular flexibility index (Phi) is 6.19. The van der Waals surface area contributed by atoms with Crippen LogP contribution in [0.5, 0.6) is 0 Å². The molecule has 1 fully saturated rings. The Bertz CT molecular complexity index is 1590. The van der Waals surface area contributed by atoms with Gasteiger partial charge in [-0.1, -0.05) is 63.2 Å². The lowest BCUT2D eigenvalue weighted by Crippen LogP contribution is -2.44. The molecule has 2 heterocycles. The van der Waals surface area contributed by atoms with Crippen LogP contribution in [0.1, 0.15) is 55.5 Å². The van der Waals surface area contributed by atoms with E-state index in [9.17, 15) is 20.0 Å². The van der Waals surface area contributed by atoms with Gasteiger partial charge in [0.1, 0.15) is 4.83 Å². The van der Waals surface area contributed by atoms with E-state index < -0.39 is 17.2 Å². The zero-order valence-electron chi connectivity index (χ0n) is 20.7. The first-order valence-corrected chi connectivity index (χ1v) is 13.0. The largest absolute Gasteiger partial charge is 0.391 e. The molecule has 1 unspecified atom stereocenters. The molecule has 4 aromatic rings. The van der Waals surface area contributed by atoms with E-state index in [1.54, 1.807) is 10.6 Å². The summed E-state index contributed by atoms with van der Waals surface area (Å²) in [5.74, 6) is 0.471. The van der Waals surface area contributed by atoms with Gasteiger partial charge in [-0.15, -0.1) is 11.3 Å². The first-order chi connectivity index (χ1) is 17.2. The number of thiophene rings is 1. The first-order valence-electron chi connectivity index (χ1n) is 12.2. The van der Waals surface area contributed by atoms with Crippen LogP contribution in [0.3, 0.4) is 0 Å². The molecule has 5 rings (SSSR count). The highest BCUT2D eigenvalue weighted by molar-refractivity contribution is 7.18. The molecular formula is C29H29N3O3S. The maximum Gasteiger partial charge on any atom is 0.332 e. The lowest BCUT2D eigenvalue weighted by atomic mass is 9.89. The number of fused-ring (bicyclic) bond motifs is 1. The molecule has 184 valence electrons. The Labute approximate surface area is 213 Å². The average molecular weight is 500 g/mol. The molecule has 2 aromatic carbocycles. The fourth-order valence-corrected chi connectivity index (χ4v) is 5.65. The summed E-state index contributed by atoms with van der Waals surface area (Å²) in [7, 11) is 0. The molecule has 1 aliphatic carbocycles. The highest BCUT2D eigenvalue weighted by Crippen LogP contribution is 2.44. The third kappa shape index (κ3) is 4.55. The van der Waals surface area contributed by atoms with Crippen molar-refractivity contribution in [1.82, 2.24) is 9.13 Å². The Morgan fingerprint density at radius 1 is 1.08 bits per heavy atom. The van der Waals surface area contributed by atoms with Gasteiger partial charge in [0.2, 0.25) is 0 Å². The van der Waals surface area contributed by atoms with Gasteiger partial charge in [0, 0.05) is 4.88 Å². The Morgan fingerprint density at radius 3 is 2.42 bits per heavy atom. The van der Waals surface area contributed by atoms with Crippen molar-refractivity contribution >= 4 is 21.6 Å². The van der Waals surface area contributed by atoms with Crippen LogP contribution in [-0.2, 0) is 13.1 Å². The molecule has 36 heavy (non-hydrogen) atoms. The zero-order valence-corrected chi connectivity index (χ0v) is 21.5. The summed E-state index contributed by atoms with van der Waals surface area (Å²) < 4.78 is 2.86. The third-order valence-electron chi connectivity index (χ3n) is 6.90. The Morgan fingerprint density at radius 2 is 1.78 bits per heavy atom. The van der Waals surface area contributed by atoms with Crippen LogP contribution in [0.15, 0.2) is 64.2 Å². The van der Waals surface area contributed by atoms with E-state index in [1.807, 2.05) is 69.3 Å². The number of nitrogens with zero attached hydrogens (tertiary/aromatic N) is 3. The lowest BCUT2D eigenvalue weighted by molar-refractivity contribution is 0.0460. The smallest absolute Gasteiger partial charge is 0.332 e. The van der Waals surface area contributed by atoms with E-state index in [0.29, 0.717) is 28.2 Å². The van der Waals surface area contributed by atoms with E-state index in [1.165, 1.54) is 15.9 Å². The van der Waals surface area contributed by atoms with Gasteiger partial charge in [0.25, 0.3) is 5.56 Å². The molecule has 1 aliphatic rings. The van der Waals surface area contributed by atoms with Crippen molar-refractivity contribution in [2.24, 2.45) is 5.41 Å². The van der Waals surface area contributed by atoms with Crippen LogP contribution in [0.2, 0.25) is 0 Å². The summed E-state index contributed by atoms with van der Waals surface area (Å²) in [4.78, 5) is 28.8. The van der Waals surface area contributed by atoms with Crippen molar-refractivity contribution < 1.29 is 5.11 Å². The van der Waals surface area contributed by atoms with Crippen LogP contribution in [0.25, 0.3) is 21.3 Å². The van der Waals surface area contributed by atoms with Gasteiger partial charge >= 0.3 is 5.69 Å². The molecule has 0 bridgehead atoms. The van der Waals surface area contributed by atoms with Crippen LogP contribution >= 0.6 is 11.3 Å². The SMILES string of the molecule is CC(C)(C)C(O)Cn1c(=O)c2cc(C3CC3)sc2n(Cc2ccc(-c3ccccc3C#N)cc2)c1=O. The molecule has 1 atom stereocenters. The summed E-state index contributed by atoms with van der Waals surface area (Å²) in [5.41, 5.74) is 2.12. The van der Waals surface area contributed by atoms with Crippen LogP contribution in [0, 0.1) is 16.7 Å². The number of aliphatic hydroxyl groups excluding tert-OH is 1. The molecule has 0 spiro atoms. The molecule has 1 N–H and O–H groups in total. The third-order valence-corrected chi connectivity index (χ3v) is 8.22. The van der Waals surface area contributed by atoms with Crippen molar-refractivity contribution in [2.45, 2.75) is 58.7 Å². The molecule has 2 aromatic heterocycles. The van der Waals surface area contributed by atoms with Gasteiger partial charge in [-0.25, -0.2) is 4.79 Å². The molecule has 1 saturated carbocycles. The van der Waals surface area contributed by atoms with Crippen molar-refractivity contribution in [3.05, 3.63) is 91.4 Å². The van der Waals surface area contributed by atoms with Crippen LogP contribution < -0.4 is 11.2 Å². The molecule has 7 heteroatoms. The number of hydrogen-bond acceptors (Lipinski definition) is 5. The number of aliphatic hydroxyl groups is 1. The summed E-state index contributed by atoms with van der Waals surface area (Å²) >= 11 is 1.53. The van der Waals surface area contributed by atoms with Crippen LogP contribution in [-0.4, -0.2) is 20.3 Å². The second-order valence-electron chi connectivity index (χ2n) is 10.7. The highest BCUT2D eigenvalue weighted by Gasteiger charge is 2.29. The monoisotopic (exact) mass is 499 g/mol. The summed E-state index contributed by atoms with van der Waals surface area (Å²) in [6, 6.07) is 19.5. The molecule has 6 nitrogen and oxygen atoms in total. The number of rotatable bonds is 6. The quantitative estimate of drug-likeness (QED) is 0.400.